The molecule has 2 atom stereocenters. The van der Waals surface area contributed by atoms with Crippen LogP contribution in [-0.2, 0) is 4.79 Å². The Morgan fingerprint density at radius 1 is 1.13 bits per heavy atom. The van der Waals surface area contributed by atoms with Crippen LogP contribution in [0.25, 0.3) is 6.08 Å². The van der Waals surface area contributed by atoms with Crippen molar-refractivity contribution in [1.29, 1.82) is 0 Å². The van der Waals surface area contributed by atoms with Crippen molar-refractivity contribution in [2.45, 2.75) is 42.7 Å². The molecule has 2 rings (SSSR count). The zero-order chi connectivity index (χ0) is 17.3. The molecule has 23 heavy (non-hydrogen) atoms. The minimum Gasteiger partial charge on any atom is -0.508 e. The third kappa shape index (κ3) is 3.53. The molecule has 1 aromatic rings. The Balaban J connectivity index is 2.09. The molecule has 7 nitrogen and oxygen atoms in total. The molecule has 0 radical (unpaired) electrons. The minimum atomic E-state index is -2.26. The molecular weight excluding hydrogens is 304 g/mol. The van der Waals surface area contributed by atoms with E-state index in [0.29, 0.717) is 0 Å². The average Bonchev–Trinajstić information content (AvgIpc) is 2.47. The van der Waals surface area contributed by atoms with Crippen molar-refractivity contribution in [3.63, 3.8) is 0 Å². The minimum absolute atomic E-state index is 0.117. The predicted octanol–water partition coefficient (Wildman–Crippen LogP) is -0.142. The number of phenolic OH excluding ortho intramolecular Hbond substituents is 1. The summed E-state index contributed by atoms with van der Waals surface area (Å²) in [5.74, 6) is -1.43. The molecule has 6 N–H and O–H groups in total. The summed E-state index contributed by atoms with van der Waals surface area (Å²) >= 11 is 0. The number of benzene rings is 1. The van der Waals surface area contributed by atoms with Gasteiger partial charge in [-0.1, -0.05) is 24.3 Å². The lowest BCUT2D eigenvalue weighted by Crippen LogP contribution is -2.63. The lowest BCUT2D eigenvalue weighted by molar-refractivity contribution is -0.218. The normalized spacial score (nSPS) is 34.6. The third-order valence-corrected chi connectivity index (χ3v) is 4.26. The number of hydrogen-bond donors (Lipinski definition) is 6. The molecule has 0 unspecified atom stereocenters. The van der Waals surface area contributed by atoms with Crippen molar-refractivity contribution < 1.29 is 35.4 Å². The monoisotopic (exact) mass is 324 g/mol. The van der Waals surface area contributed by atoms with Crippen LogP contribution in [0.3, 0.4) is 0 Å². The highest BCUT2D eigenvalue weighted by Gasteiger charge is 2.55. The first-order valence-corrected chi connectivity index (χ1v) is 7.17. The maximum Gasteiger partial charge on any atom is 0.335 e. The smallest absolute Gasteiger partial charge is 0.335 e. The predicted molar refractivity (Wildman–Crippen MR) is 80.5 cm³/mol. The van der Waals surface area contributed by atoms with Crippen LogP contribution >= 0.6 is 0 Å². The average molecular weight is 324 g/mol. The van der Waals surface area contributed by atoms with Gasteiger partial charge in [0.25, 0.3) is 0 Å². The molecule has 0 bridgehead atoms. The second-order valence-electron chi connectivity index (χ2n) is 5.97. The first-order valence-electron chi connectivity index (χ1n) is 7.17. The van der Waals surface area contributed by atoms with Gasteiger partial charge >= 0.3 is 5.97 Å². The fraction of sp³-hybridized carbons (Fsp3) is 0.438. The summed E-state index contributed by atoms with van der Waals surface area (Å²) in [5.41, 5.74) is -3.45. The summed E-state index contributed by atoms with van der Waals surface area (Å²) in [4.78, 5) is 11.0. The lowest BCUT2D eigenvalue weighted by atomic mass is 9.70. The Kier molecular flexibility index (Phi) is 4.76. The molecule has 1 fully saturated rings. The highest BCUT2D eigenvalue weighted by atomic mass is 16.4. The molecule has 0 aromatic heterocycles. The molecule has 1 saturated carbocycles. The van der Waals surface area contributed by atoms with Crippen LogP contribution in [0.5, 0.6) is 5.75 Å². The van der Waals surface area contributed by atoms with E-state index in [-0.39, 0.29) is 12.2 Å². The summed E-state index contributed by atoms with van der Waals surface area (Å²) < 4.78 is 0. The molecule has 7 heteroatoms. The van der Waals surface area contributed by atoms with Crippen molar-refractivity contribution >= 4 is 12.0 Å². The Morgan fingerprint density at radius 2 is 1.65 bits per heavy atom. The van der Waals surface area contributed by atoms with E-state index in [9.17, 15) is 30.3 Å². The summed E-state index contributed by atoms with van der Waals surface area (Å²) in [6.45, 7) is 0. The number of aliphatic hydroxyl groups excluding tert-OH is 2. The van der Waals surface area contributed by atoms with Gasteiger partial charge in [0.15, 0.2) is 5.60 Å². The van der Waals surface area contributed by atoms with E-state index in [4.69, 9.17) is 5.11 Å². The molecule has 0 aliphatic heterocycles. The van der Waals surface area contributed by atoms with E-state index < -0.39 is 42.2 Å². The van der Waals surface area contributed by atoms with Crippen LogP contribution in [0.15, 0.2) is 30.3 Å². The maximum atomic E-state index is 11.0. The standard InChI is InChI=1S/C16H20O7/c17-11-5-3-10(4-6-11)2-1-7-16(23)12(18)8-15(22,14(20)21)9-13(16)19/h1-6,12-13,17-19,22-23H,7-9H2,(H,20,21)/b2-1+/t12-,13-,15?,16?/m1/s1. The molecule has 1 aliphatic carbocycles. The fourth-order valence-corrected chi connectivity index (χ4v) is 2.71. The van der Waals surface area contributed by atoms with Crippen molar-refractivity contribution in [2.24, 2.45) is 0 Å². The number of aliphatic hydroxyl groups is 4. The van der Waals surface area contributed by atoms with Gasteiger partial charge in [0, 0.05) is 12.8 Å². The summed E-state index contributed by atoms with van der Waals surface area (Å²) in [7, 11) is 0. The summed E-state index contributed by atoms with van der Waals surface area (Å²) in [5, 5.41) is 58.5. The van der Waals surface area contributed by atoms with Gasteiger partial charge in [-0.15, -0.1) is 0 Å². The second kappa shape index (κ2) is 6.29. The molecule has 0 spiro atoms. The van der Waals surface area contributed by atoms with E-state index in [0.717, 1.165) is 5.56 Å². The van der Waals surface area contributed by atoms with Crippen LogP contribution in [0.1, 0.15) is 24.8 Å². The highest BCUT2D eigenvalue weighted by Crippen LogP contribution is 2.38. The highest BCUT2D eigenvalue weighted by molar-refractivity contribution is 5.77. The Morgan fingerprint density at radius 3 is 2.13 bits per heavy atom. The summed E-state index contributed by atoms with van der Waals surface area (Å²) in [6.07, 6.45) is -1.26. The van der Waals surface area contributed by atoms with Gasteiger partial charge in [0.05, 0.1) is 12.2 Å². The van der Waals surface area contributed by atoms with Gasteiger partial charge in [-0.25, -0.2) is 4.79 Å². The van der Waals surface area contributed by atoms with Crippen molar-refractivity contribution in [3.05, 3.63) is 35.9 Å². The Hall–Kier alpha value is -1.93. The first kappa shape index (κ1) is 17.4. The quantitative estimate of drug-likeness (QED) is 0.453. The van der Waals surface area contributed by atoms with Gasteiger partial charge in [-0.2, -0.15) is 0 Å². The van der Waals surface area contributed by atoms with Crippen molar-refractivity contribution in [2.75, 3.05) is 0 Å². The van der Waals surface area contributed by atoms with Gasteiger partial charge < -0.3 is 30.6 Å². The van der Waals surface area contributed by atoms with Crippen molar-refractivity contribution in [1.82, 2.24) is 0 Å². The van der Waals surface area contributed by atoms with Crippen molar-refractivity contribution in [3.8, 4) is 5.75 Å². The second-order valence-corrected chi connectivity index (χ2v) is 5.97. The number of aromatic hydroxyl groups is 1. The zero-order valence-electron chi connectivity index (χ0n) is 12.3. The molecular formula is C16H20O7. The van der Waals surface area contributed by atoms with Gasteiger partial charge in [-0.3, -0.25) is 0 Å². The number of hydrogen-bond acceptors (Lipinski definition) is 6. The van der Waals surface area contributed by atoms with E-state index >= 15 is 0 Å². The van der Waals surface area contributed by atoms with Gasteiger partial charge in [0.1, 0.15) is 11.4 Å². The number of carbonyl (C=O) groups is 1. The lowest BCUT2D eigenvalue weighted by Gasteiger charge is -2.45. The van der Waals surface area contributed by atoms with Crippen LogP contribution < -0.4 is 0 Å². The van der Waals surface area contributed by atoms with E-state index in [1.54, 1.807) is 18.2 Å². The Labute approximate surface area is 132 Å². The molecule has 0 saturated heterocycles. The van der Waals surface area contributed by atoms with Gasteiger partial charge in [-0.05, 0) is 24.1 Å². The maximum absolute atomic E-state index is 11.0. The number of carboxylic acid groups (broad SMARTS) is 1. The van der Waals surface area contributed by atoms with Crippen LogP contribution in [0, 0.1) is 0 Å². The van der Waals surface area contributed by atoms with Crippen LogP contribution in [-0.4, -0.2) is 60.0 Å². The fourth-order valence-electron chi connectivity index (χ4n) is 2.71. The molecule has 0 amide bonds. The zero-order valence-corrected chi connectivity index (χ0v) is 12.3. The SMILES string of the molecule is O=C(O)C1(O)C[C@@H](O)C(O)(C/C=C/c2ccc(O)cc2)[C@H](O)C1. The topological polar surface area (TPSA) is 138 Å². The van der Waals surface area contributed by atoms with E-state index in [1.165, 1.54) is 18.2 Å². The van der Waals surface area contributed by atoms with E-state index in [1.807, 2.05) is 0 Å². The molecule has 126 valence electrons. The molecule has 0 heterocycles. The van der Waals surface area contributed by atoms with Crippen LogP contribution in [0.2, 0.25) is 0 Å². The number of carboxylic acids is 1. The number of aliphatic carboxylic acids is 1. The molecule has 1 aromatic carbocycles. The van der Waals surface area contributed by atoms with Gasteiger partial charge in [0.2, 0.25) is 0 Å². The van der Waals surface area contributed by atoms with Crippen LogP contribution in [0.4, 0.5) is 0 Å². The Bertz CT molecular complexity index is 581. The largest absolute Gasteiger partial charge is 0.508 e. The molecule has 1 aliphatic rings. The first-order chi connectivity index (χ1) is 10.7. The van der Waals surface area contributed by atoms with E-state index in [2.05, 4.69) is 0 Å². The number of rotatable bonds is 4. The summed E-state index contributed by atoms with van der Waals surface area (Å²) in [6, 6.07) is 6.27. The number of phenols is 1. The third-order valence-electron chi connectivity index (χ3n) is 4.26.